The molecule has 1 atom stereocenters. The van der Waals surface area contributed by atoms with Crippen LogP contribution in [-0.2, 0) is 18.7 Å². The molecule has 0 saturated carbocycles. The van der Waals surface area contributed by atoms with Crippen molar-refractivity contribution in [3.8, 4) is 0 Å². The molecule has 0 aromatic heterocycles. The van der Waals surface area contributed by atoms with Crippen LogP contribution in [0.1, 0.15) is 19.3 Å². The molecule has 1 aromatic rings. The minimum Gasteiger partial charge on any atom is -0.480 e. The summed E-state index contributed by atoms with van der Waals surface area (Å²) in [5.74, 6) is -1.90. The average Bonchev–Trinajstić information content (AvgIpc) is 2.66. The lowest BCUT2D eigenvalue weighted by atomic mass is 10.1. The van der Waals surface area contributed by atoms with Crippen molar-refractivity contribution in [2.75, 3.05) is 13.1 Å². The Labute approximate surface area is 193 Å². The fraction of sp³-hybridized carbons (Fsp3) is 0.467. The van der Waals surface area contributed by atoms with Crippen LogP contribution in [0.3, 0.4) is 0 Å². The fourth-order valence-electron chi connectivity index (χ4n) is 1.60. The first-order chi connectivity index (χ1) is 14.6. The second-order valence-corrected chi connectivity index (χ2v) is 12.0. The molecule has 0 heterocycles. The van der Waals surface area contributed by atoms with Crippen molar-refractivity contribution in [3.05, 3.63) is 29.3 Å². The van der Waals surface area contributed by atoms with E-state index < -0.39 is 37.9 Å². The summed E-state index contributed by atoms with van der Waals surface area (Å²) in [6, 6.07) is 5.04. The smallest absolute Gasteiger partial charge is 0.351 e. The van der Waals surface area contributed by atoms with E-state index in [-0.39, 0.29) is 6.54 Å². The molecule has 32 heavy (non-hydrogen) atoms. The van der Waals surface area contributed by atoms with Crippen LogP contribution in [0.2, 0.25) is 5.02 Å². The lowest BCUT2D eigenvalue weighted by molar-refractivity contribution is -0.138. The van der Waals surface area contributed by atoms with Crippen LogP contribution in [-0.4, -0.2) is 65.6 Å². The summed E-state index contributed by atoms with van der Waals surface area (Å²) in [6.45, 7) is 0.326. The third-order valence-corrected chi connectivity index (χ3v) is 9.33. The summed E-state index contributed by atoms with van der Waals surface area (Å²) in [4.78, 5) is 55.3. The Balaban J connectivity index is 0. The Bertz CT molecular complexity index is 768. The number of thioether (sulfide) groups is 1. The Hall–Kier alpha value is -1.02. The lowest BCUT2D eigenvalue weighted by Crippen LogP contribution is -2.29. The van der Waals surface area contributed by atoms with E-state index in [1.165, 1.54) is 24.3 Å². The number of rotatable bonds is 10. The molecule has 12 N–H and O–H groups in total. The molecule has 0 radical (unpaired) electrons. The van der Waals surface area contributed by atoms with Gasteiger partial charge in [0.1, 0.15) is 6.04 Å². The monoisotopic (exact) mass is 539 g/mol. The molecule has 0 spiro atoms. The van der Waals surface area contributed by atoms with Crippen LogP contribution < -0.4 is 17.2 Å². The zero-order chi connectivity index (χ0) is 25.5. The average molecular weight is 540 g/mol. The summed E-state index contributed by atoms with van der Waals surface area (Å²) in [5.41, 5.74) is 15.0. The number of carboxylic acid groups (broad SMARTS) is 2. The molecule has 186 valence electrons. The SMILES string of the molecule is NCC(=O)O.NCCCCC(N)C(=O)O.O=P(O)(O)C(Sc1ccc(Cl)cc1)P(=O)(O)O. The number of nitrogens with two attached hydrogens (primary N) is 3. The second kappa shape index (κ2) is 16.6. The second-order valence-electron chi connectivity index (χ2n) is 5.90. The summed E-state index contributed by atoms with van der Waals surface area (Å²) < 4.78 is 19.9. The van der Waals surface area contributed by atoms with E-state index in [1.807, 2.05) is 0 Å². The lowest BCUT2D eigenvalue weighted by Gasteiger charge is -2.18. The van der Waals surface area contributed by atoms with Crippen molar-refractivity contribution in [2.24, 2.45) is 17.2 Å². The van der Waals surface area contributed by atoms with Crippen LogP contribution in [0.25, 0.3) is 0 Å². The normalized spacial score (nSPS) is 12.2. The van der Waals surface area contributed by atoms with Gasteiger partial charge in [0.15, 0.2) is 0 Å². The van der Waals surface area contributed by atoms with Gasteiger partial charge in [0.25, 0.3) is 0 Å². The molecule has 1 aromatic carbocycles. The van der Waals surface area contributed by atoms with Gasteiger partial charge in [-0.2, -0.15) is 0 Å². The molecule has 17 heteroatoms. The first kappa shape index (κ1) is 33.2. The van der Waals surface area contributed by atoms with Crippen molar-refractivity contribution in [3.63, 3.8) is 0 Å². The molecule has 0 aliphatic rings. The first-order valence-electron chi connectivity index (χ1n) is 8.69. The zero-order valence-corrected chi connectivity index (χ0v) is 20.1. The highest BCUT2D eigenvalue weighted by Crippen LogP contribution is 2.65. The maximum Gasteiger partial charge on any atom is 0.351 e. The maximum atomic E-state index is 11.0. The predicted molar refractivity (Wildman–Crippen MR) is 120 cm³/mol. The third kappa shape index (κ3) is 17.5. The summed E-state index contributed by atoms with van der Waals surface area (Å²) >= 11 is 6.04. The van der Waals surface area contributed by atoms with Crippen LogP contribution in [0.4, 0.5) is 0 Å². The van der Waals surface area contributed by atoms with Gasteiger partial charge in [-0.05, 0) is 43.7 Å². The number of hydrogen-bond acceptors (Lipinski definition) is 8. The molecule has 0 saturated heterocycles. The van der Waals surface area contributed by atoms with E-state index in [4.69, 9.17) is 52.9 Å². The van der Waals surface area contributed by atoms with Crippen LogP contribution in [0.15, 0.2) is 29.2 Å². The summed E-state index contributed by atoms with van der Waals surface area (Å²) in [5, 5.41) is 16.3. The van der Waals surface area contributed by atoms with Crippen LogP contribution in [0, 0.1) is 0 Å². The summed E-state index contributed by atoms with van der Waals surface area (Å²) in [7, 11) is -9.82. The van der Waals surface area contributed by atoms with Gasteiger partial charge in [-0.25, -0.2) is 0 Å². The van der Waals surface area contributed by atoms with Gasteiger partial charge < -0.3 is 47.0 Å². The van der Waals surface area contributed by atoms with E-state index in [0.29, 0.717) is 34.6 Å². The molecule has 0 fully saturated rings. The predicted octanol–water partition coefficient (Wildman–Crippen LogP) is 0.628. The van der Waals surface area contributed by atoms with Crippen molar-refractivity contribution < 1.29 is 48.5 Å². The van der Waals surface area contributed by atoms with E-state index in [2.05, 4.69) is 5.73 Å². The molecule has 0 bridgehead atoms. The number of benzene rings is 1. The van der Waals surface area contributed by atoms with E-state index in [0.717, 1.165) is 12.8 Å². The molecule has 13 nitrogen and oxygen atoms in total. The van der Waals surface area contributed by atoms with Gasteiger partial charge in [-0.1, -0.05) is 29.8 Å². The van der Waals surface area contributed by atoms with Crippen molar-refractivity contribution >= 4 is 50.5 Å². The highest BCUT2D eigenvalue weighted by Gasteiger charge is 2.44. The Morgan fingerprint density at radius 3 is 1.72 bits per heavy atom. The number of aliphatic carboxylic acids is 2. The maximum absolute atomic E-state index is 11.0. The standard InChI is InChI=1S/C7H9ClO6P2S.C6H14N2O2.C2H5NO2/c8-5-1-3-6(4-2-5)17-7(15(9,10)11)16(12,13)14;7-4-2-1-3-5(8)6(9)10;3-1-2(4)5/h1-4,7H,(H2,9,10,11)(H2,12,13,14);5H,1-4,7-8H2,(H,9,10);1,3H2,(H,4,5). The Morgan fingerprint density at radius 1 is 0.969 bits per heavy atom. The molecular formula is C15H28ClN3O10P2S. The quantitative estimate of drug-likeness (QED) is 0.112. The third-order valence-electron chi connectivity index (χ3n) is 3.09. The van der Waals surface area contributed by atoms with Crippen molar-refractivity contribution in [1.29, 1.82) is 0 Å². The minimum atomic E-state index is -4.91. The highest BCUT2D eigenvalue weighted by atomic mass is 35.5. The van der Waals surface area contributed by atoms with E-state index >= 15 is 0 Å². The topological polar surface area (TPSA) is 268 Å². The van der Waals surface area contributed by atoms with Gasteiger partial charge in [0.05, 0.1) is 6.54 Å². The van der Waals surface area contributed by atoms with Gasteiger partial charge in [-0.15, -0.1) is 0 Å². The van der Waals surface area contributed by atoms with E-state index in [9.17, 15) is 18.7 Å². The number of hydrogen-bond donors (Lipinski definition) is 9. The number of carbonyl (C=O) groups is 2. The van der Waals surface area contributed by atoms with Crippen molar-refractivity contribution in [2.45, 2.75) is 34.9 Å². The molecular weight excluding hydrogens is 512 g/mol. The fourth-order valence-corrected chi connectivity index (χ4v) is 5.66. The van der Waals surface area contributed by atoms with Gasteiger partial charge >= 0.3 is 27.1 Å². The largest absolute Gasteiger partial charge is 0.480 e. The van der Waals surface area contributed by atoms with Crippen LogP contribution >= 0.6 is 38.6 Å². The number of carboxylic acids is 2. The summed E-state index contributed by atoms with van der Waals surface area (Å²) in [6.07, 6.45) is 2.16. The highest BCUT2D eigenvalue weighted by molar-refractivity contribution is 8.12. The molecule has 1 rings (SSSR count). The van der Waals surface area contributed by atoms with Gasteiger partial charge in [0.2, 0.25) is 4.73 Å². The molecule has 0 aliphatic carbocycles. The first-order valence-corrected chi connectivity index (χ1v) is 13.3. The van der Waals surface area contributed by atoms with Gasteiger partial charge in [0, 0.05) is 9.92 Å². The molecule has 1 unspecified atom stereocenters. The van der Waals surface area contributed by atoms with E-state index in [1.54, 1.807) is 0 Å². The molecule has 0 amide bonds. The van der Waals surface area contributed by atoms with Crippen molar-refractivity contribution in [1.82, 2.24) is 0 Å². The van der Waals surface area contributed by atoms with Crippen LogP contribution in [0.5, 0.6) is 0 Å². The molecule has 0 aliphatic heterocycles. The van der Waals surface area contributed by atoms with Gasteiger partial charge in [-0.3, -0.25) is 18.7 Å². The number of halogens is 1. The number of unbranched alkanes of at least 4 members (excludes halogenated alkanes) is 1. The zero-order valence-electron chi connectivity index (χ0n) is 16.7. The Morgan fingerprint density at radius 2 is 1.41 bits per heavy atom. The Kier molecular flexibility index (Phi) is 17.2. The minimum absolute atomic E-state index is 0.278.